The van der Waals surface area contributed by atoms with Crippen LogP contribution in [-0.4, -0.2) is 13.7 Å². The summed E-state index contributed by atoms with van der Waals surface area (Å²) in [5.41, 5.74) is 2.26. The van der Waals surface area contributed by atoms with Gasteiger partial charge in [0.15, 0.2) is 0 Å². The number of nitrogens with one attached hydrogen (secondary N) is 1. The van der Waals surface area contributed by atoms with E-state index in [2.05, 4.69) is 37.2 Å². The minimum atomic E-state index is 0.662. The Kier molecular flexibility index (Phi) is 7.03. The van der Waals surface area contributed by atoms with Crippen molar-refractivity contribution in [2.75, 3.05) is 13.7 Å². The number of benzene rings is 2. The van der Waals surface area contributed by atoms with Crippen LogP contribution in [0.4, 0.5) is 0 Å². The van der Waals surface area contributed by atoms with E-state index in [0.717, 1.165) is 39.8 Å². The maximum atomic E-state index is 6.16. The first-order valence-corrected chi connectivity index (χ1v) is 9.02. The fourth-order valence-corrected chi connectivity index (χ4v) is 4.20. The van der Waals surface area contributed by atoms with Crippen LogP contribution in [0.25, 0.3) is 0 Å². The van der Waals surface area contributed by atoms with Gasteiger partial charge in [0.1, 0.15) is 5.75 Å². The molecule has 0 bridgehead atoms. The first-order chi connectivity index (χ1) is 10.5. The SMILES string of the molecule is COc1c(Br)cc(CNCCc2ccc(Cl)cc2Cl)cc1Br. The number of ether oxygens (including phenoxy) is 1. The Balaban J connectivity index is 1.89. The van der Waals surface area contributed by atoms with Gasteiger partial charge in [-0.1, -0.05) is 29.3 Å². The summed E-state index contributed by atoms with van der Waals surface area (Å²) in [5.74, 6) is 0.802. The highest BCUT2D eigenvalue weighted by Gasteiger charge is 2.07. The van der Waals surface area contributed by atoms with Gasteiger partial charge in [-0.2, -0.15) is 0 Å². The molecular formula is C16H15Br2Cl2NO. The summed E-state index contributed by atoms with van der Waals surface area (Å²) >= 11 is 19.1. The van der Waals surface area contributed by atoms with Crippen molar-refractivity contribution < 1.29 is 4.74 Å². The molecular weight excluding hydrogens is 453 g/mol. The summed E-state index contributed by atoms with van der Waals surface area (Å²) in [4.78, 5) is 0. The van der Waals surface area contributed by atoms with Gasteiger partial charge in [0.2, 0.25) is 0 Å². The highest BCUT2D eigenvalue weighted by Crippen LogP contribution is 2.34. The third-order valence-electron chi connectivity index (χ3n) is 3.18. The van der Waals surface area contributed by atoms with Crippen molar-refractivity contribution in [2.24, 2.45) is 0 Å². The first-order valence-electron chi connectivity index (χ1n) is 6.68. The Morgan fingerprint density at radius 2 is 1.77 bits per heavy atom. The van der Waals surface area contributed by atoms with E-state index in [1.54, 1.807) is 13.2 Å². The lowest BCUT2D eigenvalue weighted by Crippen LogP contribution is -2.16. The van der Waals surface area contributed by atoms with Crippen LogP contribution in [0.3, 0.4) is 0 Å². The van der Waals surface area contributed by atoms with Crippen LogP contribution in [0.1, 0.15) is 11.1 Å². The van der Waals surface area contributed by atoms with Gasteiger partial charge in [-0.15, -0.1) is 0 Å². The number of hydrogen-bond donors (Lipinski definition) is 1. The van der Waals surface area contributed by atoms with Gasteiger partial charge in [-0.3, -0.25) is 0 Å². The molecule has 0 heterocycles. The second kappa shape index (κ2) is 8.55. The molecule has 0 saturated carbocycles. The normalized spacial score (nSPS) is 10.8. The van der Waals surface area contributed by atoms with E-state index in [1.807, 2.05) is 24.3 Å². The number of methoxy groups -OCH3 is 1. The molecule has 2 rings (SSSR count). The van der Waals surface area contributed by atoms with E-state index in [9.17, 15) is 0 Å². The van der Waals surface area contributed by atoms with Crippen LogP contribution < -0.4 is 10.1 Å². The van der Waals surface area contributed by atoms with Gasteiger partial charge in [-0.05, 0) is 80.2 Å². The van der Waals surface area contributed by atoms with Crippen molar-refractivity contribution >= 4 is 55.1 Å². The van der Waals surface area contributed by atoms with Crippen molar-refractivity contribution in [1.82, 2.24) is 5.32 Å². The number of halogens is 4. The van der Waals surface area contributed by atoms with Gasteiger partial charge < -0.3 is 10.1 Å². The summed E-state index contributed by atoms with van der Waals surface area (Å²) in [6.07, 6.45) is 0.856. The molecule has 0 aliphatic rings. The van der Waals surface area contributed by atoms with Gasteiger partial charge in [0, 0.05) is 16.6 Å². The van der Waals surface area contributed by atoms with Crippen molar-refractivity contribution in [1.29, 1.82) is 0 Å². The van der Waals surface area contributed by atoms with Gasteiger partial charge >= 0.3 is 0 Å². The van der Waals surface area contributed by atoms with Gasteiger partial charge in [-0.25, -0.2) is 0 Å². The lowest BCUT2D eigenvalue weighted by atomic mass is 10.1. The van der Waals surface area contributed by atoms with Gasteiger partial charge in [0.05, 0.1) is 16.1 Å². The topological polar surface area (TPSA) is 21.3 Å². The Morgan fingerprint density at radius 1 is 1.09 bits per heavy atom. The predicted octanol–water partition coefficient (Wildman–Crippen LogP) is 5.86. The monoisotopic (exact) mass is 465 g/mol. The lowest BCUT2D eigenvalue weighted by molar-refractivity contribution is 0.409. The van der Waals surface area contributed by atoms with Crippen molar-refractivity contribution in [2.45, 2.75) is 13.0 Å². The quantitative estimate of drug-likeness (QED) is 0.537. The Labute approximate surface area is 157 Å². The molecule has 2 nitrogen and oxygen atoms in total. The molecule has 1 N–H and O–H groups in total. The second-order valence-electron chi connectivity index (χ2n) is 4.76. The third-order valence-corrected chi connectivity index (χ3v) is 4.94. The minimum absolute atomic E-state index is 0.662. The smallest absolute Gasteiger partial charge is 0.147 e. The van der Waals surface area contributed by atoms with Crippen LogP contribution in [0.2, 0.25) is 10.0 Å². The molecule has 0 unspecified atom stereocenters. The van der Waals surface area contributed by atoms with Crippen LogP contribution in [0, 0.1) is 0 Å². The summed E-state index contributed by atoms with van der Waals surface area (Å²) in [5, 5.41) is 4.78. The van der Waals surface area contributed by atoms with Crippen LogP contribution in [0.15, 0.2) is 39.3 Å². The molecule has 0 radical (unpaired) electrons. The fourth-order valence-electron chi connectivity index (χ4n) is 2.09. The molecule has 0 aromatic heterocycles. The molecule has 22 heavy (non-hydrogen) atoms. The third kappa shape index (κ3) is 4.87. The molecule has 2 aromatic carbocycles. The highest BCUT2D eigenvalue weighted by atomic mass is 79.9. The van der Waals surface area contributed by atoms with Crippen molar-refractivity contribution in [3.63, 3.8) is 0 Å². The molecule has 118 valence electrons. The summed E-state index contributed by atoms with van der Waals surface area (Å²) < 4.78 is 7.16. The molecule has 0 saturated heterocycles. The first kappa shape index (κ1) is 18.1. The molecule has 2 aromatic rings. The van der Waals surface area contributed by atoms with E-state index in [4.69, 9.17) is 27.9 Å². The average molecular weight is 468 g/mol. The van der Waals surface area contributed by atoms with Crippen molar-refractivity contribution in [3.05, 3.63) is 60.4 Å². The Hall–Kier alpha value is -0.260. The molecule has 0 amide bonds. The average Bonchev–Trinajstić information content (AvgIpc) is 2.45. The standard InChI is InChI=1S/C16H15Br2Cl2NO/c1-22-16-13(17)6-10(7-14(16)18)9-21-5-4-11-2-3-12(19)8-15(11)20/h2-3,6-8,21H,4-5,9H2,1H3. The van der Waals surface area contributed by atoms with E-state index >= 15 is 0 Å². The Bertz CT molecular complexity index is 642. The molecule has 6 heteroatoms. The van der Waals surface area contributed by atoms with Crippen molar-refractivity contribution in [3.8, 4) is 5.75 Å². The highest BCUT2D eigenvalue weighted by molar-refractivity contribution is 9.11. The Morgan fingerprint density at radius 3 is 2.36 bits per heavy atom. The number of rotatable bonds is 6. The lowest BCUT2D eigenvalue weighted by Gasteiger charge is -2.10. The van der Waals surface area contributed by atoms with E-state index < -0.39 is 0 Å². The summed E-state index contributed by atoms with van der Waals surface area (Å²) in [6.45, 7) is 1.61. The van der Waals surface area contributed by atoms with E-state index in [1.165, 1.54) is 5.56 Å². The largest absolute Gasteiger partial charge is 0.494 e. The maximum Gasteiger partial charge on any atom is 0.147 e. The zero-order chi connectivity index (χ0) is 16.1. The summed E-state index contributed by atoms with van der Waals surface area (Å²) in [7, 11) is 1.65. The predicted molar refractivity (Wildman–Crippen MR) is 100 cm³/mol. The van der Waals surface area contributed by atoms with E-state index in [-0.39, 0.29) is 0 Å². The summed E-state index contributed by atoms with van der Waals surface area (Å²) in [6, 6.07) is 9.70. The molecule has 0 aliphatic carbocycles. The number of hydrogen-bond acceptors (Lipinski definition) is 2. The van der Waals surface area contributed by atoms with Gasteiger partial charge in [0.25, 0.3) is 0 Å². The zero-order valence-corrected chi connectivity index (χ0v) is 16.6. The molecule has 0 aliphatic heterocycles. The fraction of sp³-hybridized carbons (Fsp3) is 0.250. The minimum Gasteiger partial charge on any atom is -0.494 e. The van der Waals surface area contributed by atoms with E-state index in [0.29, 0.717) is 10.0 Å². The second-order valence-corrected chi connectivity index (χ2v) is 7.31. The van der Waals surface area contributed by atoms with Crippen LogP contribution in [-0.2, 0) is 13.0 Å². The molecule has 0 spiro atoms. The zero-order valence-electron chi connectivity index (χ0n) is 11.9. The van der Waals surface area contributed by atoms with Crippen LogP contribution in [0.5, 0.6) is 5.75 Å². The molecule has 0 fully saturated rings. The van der Waals surface area contributed by atoms with Crippen LogP contribution >= 0.6 is 55.1 Å². The maximum absolute atomic E-state index is 6.16. The molecule has 0 atom stereocenters.